The Bertz CT molecular complexity index is 623. The topological polar surface area (TPSA) is 29.0 Å². The lowest BCUT2D eigenvalue weighted by atomic mass is 10.1. The van der Waals surface area contributed by atoms with Crippen LogP contribution in [0.2, 0.25) is 5.15 Å². The van der Waals surface area contributed by atoms with Gasteiger partial charge in [0, 0.05) is 25.1 Å². The SMILES string of the molecule is Cc1c(Cl)nc(C2CC2)nc1N(C)CCc1ccccc1. The number of halogens is 1. The molecular weight excluding hydrogens is 282 g/mol. The second-order valence-corrected chi connectivity index (χ2v) is 6.11. The van der Waals surface area contributed by atoms with Gasteiger partial charge in [-0.15, -0.1) is 0 Å². The van der Waals surface area contributed by atoms with Crippen LogP contribution in [0.4, 0.5) is 5.82 Å². The van der Waals surface area contributed by atoms with Gasteiger partial charge in [-0.25, -0.2) is 9.97 Å². The summed E-state index contributed by atoms with van der Waals surface area (Å²) in [5, 5.41) is 0.591. The molecule has 1 aromatic carbocycles. The van der Waals surface area contributed by atoms with Crippen LogP contribution < -0.4 is 4.90 Å². The molecule has 1 heterocycles. The Balaban J connectivity index is 1.75. The molecule has 110 valence electrons. The standard InChI is InChI=1S/C17H20ClN3/c1-12-15(18)19-16(14-8-9-14)20-17(12)21(2)11-10-13-6-4-3-5-7-13/h3-7,14H,8-11H2,1-2H3. The first-order valence-corrected chi connectivity index (χ1v) is 7.82. The van der Waals surface area contributed by atoms with Crippen molar-refractivity contribution < 1.29 is 0 Å². The van der Waals surface area contributed by atoms with Gasteiger partial charge in [0.2, 0.25) is 0 Å². The summed E-state index contributed by atoms with van der Waals surface area (Å²) < 4.78 is 0. The molecule has 1 aliphatic carbocycles. The van der Waals surface area contributed by atoms with Crippen molar-refractivity contribution in [2.75, 3.05) is 18.5 Å². The molecule has 0 bridgehead atoms. The van der Waals surface area contributed by atoms with E-state index >= 15 is 0 Å². The Hall–Kier alpha value is -1.61. The predicted molar refractivity (Wildman–Crippen MR) is 87.2 cm³/mol. The van der Waals surface area contributed by atoms with E-state index in [1.165, 1.54) is 18.4 Å². The van der Waals surface area contributed by atoms with Gasteiger partial charge in [-0.3, -0.25) is 0 Å². The van der Waals surface area contributed by atoms with Gasteiger partial charge in [0.25, 0.3) is 0 Å². The van der Waals surface area contributed by atoms with Crippen molar-refractivity contribution in [3.63, 3.8) is 0 Å². The summed E-state index contributed by atoms with van der Waals surface area (Å²) in [6, 6.07) is 10.5. The van der Waals surface area contributed by atoms with Crippen LogP contribution in [-0.2, 0) is 6.42 Å². The van der Waals surface area contributed by atoms with Crippen molar-refractivity contribution in [2.24, 2.45) is 0 Å². The van der Waals surface area contributed by atoms with Gasteiger partial charge in [-0.05, 0) is 31.7 Å². The molecule has 2 aromatic rings. The van der Waals surface area contributed by atoms with Gasteiger partial charge in [0.05, 0.1) is 0 Å². The summed E-state index contributed by atoms with van der Waals surface area (Å²) in [6.45, 7) is 2.91. The Morgan fingerprint density at radius 3 is 2.57 bits per heavy atom. The third-order valence-corrected chi connectivity index (χ3v) is 4.33. The second-order valence-electron chi connectivity index (χ2n) is 5.75. The van der Waals surface area contributed by atoms with E-state index in [1.807, 2.05) is 13.0 Å². The van der Waals surface area contributed by atoms with Crippen molar-refractivity contribution in [1.82, 2.24) is 9.97 Å². The minimum absolute atomic E-state index is 0.518. The zero-order chi connectivity index (χ0) is 14.8. The van der Waals surface area contributed by atoms with Crippen molar-refractivity contribution in [2.45, 2.75) is 32.1 Å². The van der Waals surface area contributed by atoms with Gasteiger partial charge >= 0.3 is 0 Å². The number of rotatable bonds is 5. The molecule has 0 unspecified atom stereocenters. The van der Waals surface area contributed by atoms with Gasteiger partial charge in [0.15, 0.2) is 0 Å². The third-order valence-electron chi connectivity index (χ3n) is 3.96. The highest BCUT2D eigenvalue weighted by atomic mass is 35.5. The highest BCUT2D eigenvalue weighted by Crippen LogP contribution is 2.39. The molecule has 0 N–H and O–H groups in total. The lowest BCUT2D eigenvalue weighted by molar-refractivity contribution is 0.826. The Kier molecular flexibility index (Phi) is 4.11. The predicted octanol–water partition coefficient (Wildman–Crippen LogP) is 3.99. The third kappa shape index (κ3) is 3.35. The Labute approximate surface area is 131 Å². The van der Waals surface area contributed by atoms with Gasteiger partial charge in [-0.1, -0.05) is 41.9 Å². The molecule has 1 aliphatic rings. The molecule has 0 aliphatic heterocycles. The summed E-state index contributed by atoms with van der Waals surface area (Å²) in [5.74, 6) is 2.39. The average Bonchev–Trinajstić information content (AvgIpc) is 3.33. The first kappa shape index (κ1) is 14.3. The molecule has 1 aromatic heterocycles. The number of anilines is 1. The van der Waals surface area contributed by atoms with E-state index in [0.29, 0.717) is 11.1 Å². The minimum Gasteiger partial charge on any atom is -0.359 e. The maximum absolute atomic E-state index is 6.27. The van der Waals surface area contributed by atoms with Crippen LogP contribution in [0.3, 0.4) is 0 Å². The first-order chi connectivity index (χ1) is 10.1. The quantitative estimate of drug-likeness (QED) is 0.782. The zero-order valence-corrected chi connectivity index (χ0v) is 13.3. The van der Waals surface area contributed by atoms with Crippen LogP contribution in [-0.4, -0.2) is 23.6 Å². The fourth-order valence-corrected chi connectivity index (χ4v) is 2.61. The normalized spacial score (nSPS) is 14.2. The second kappa shape index (κ2) is 6.02. The van der Waals surface area contributed by atoms with Gasteiger partial charge in [-0.2, -0.15) is 0 Å². The molecule has 3 rings (SSSR count). The number of hydrogen-bond acceptors (Lipinski definition) is 3. The van der Waals surface area contributed by atoms with Crippen molar-refractivity contribution in [3.8, 4) is 0 Å². The van der Waals surface area contributed by atoms with E-state index < -0.39 is 0 Å². The van der Waals surface area contributed by atoms with Crippen molar-refractivity contribution in [3.05, 3.63) is 52.4 Å². The smallest absolute Gasteiger partial charge is 0.137 e. The molecule has 0 radical (unpaired) electrons. The molecule has 1 saturated carbocycles. The lowest BCUT2D eigenvalue weighted by Gasteiger charge is -2.21. The van der Waals surface area contributed by atoms with E-state index in [1.54, 1.807) is 0 Å². The van der Waals surface area contributed by atoms with E-state index in [-0.39, 0.29) is 0 Å². The fraction of sp³-hybridized carbons (Fsp3) is 0.412. The number of hydrogen-bond donors (Lipinski definition) is 0. The zero-order valence-electron chi connectivity index (χ0n) is 12.5. The van der Waals surface area contributed by atoms with Crippen LogP contribution in [0.5, 0.6) is 0 Å². The molecule has 0 spiro atoms. The lowest BCUT2D eigenvalue weighted by Crippen LogP contribution is -2.23. The van der Waals surface area contributed by atoms with Crippen LogP contribution in [0.1, 0.15) is 35.7 Å². The monoisotopic (exact) mass is 301 g/mol. The molecule has 4 heteroatoms. The van der Waals surface area contributed by atoms with E-state index in [9.17, 15) is 0 Å². The number of aromatic nitrogens is 2. The van der Waals surface area contributed by atoms with E-state index in [0.717, 1.165) is 30.2 Å². The van der Waals surface area contributed by atoms with Crippen molar-refractivity contribution in [1.29, 1.82) is 0 Å². The highest BCUT2D eigenvalue weighted by Gasteiger charge is 2.28. The summed E-state index contributed by atoms with van der Waals surface area (Å²) in [4.78, 5) is 11.3. The largest absolute Gasteiger partial charge is 0.359 e. The van der Waals surface area contributed by atoms with E-state index in [2.05, 4.69) is 41.2 Å². The van der Waals surface area contributed by atoms with Crippen LogP contribution in [0.25, 0.3) is 0 Å². The summed E-state index contributed by atoms with van der Waals surface area (Å²) >= 11 is 6.27. The summed E-state index contributed by atoms with van der Waals surface area (Å²) in [5.41, 5.74) is 2.31. The van der Waals surface area contributed by atoms with E-state index in [4.69, 9.17) is 16.6 Å². The molecule has 0 amide bonds. The van der Waals surface area contributed by atoms with Gasteiger partial charge in [0.1, 0.15) is 16.8 Å². The maximum Gasteiger partial charge on any atom is 0.137 e. The number of nitrogens with zero attached hydrogens (tertiary/aromatic N) is 3. The van der Waals surface area contributed by atoms with Crippen molar-refractivity contribution >= 4 is 17.4 Å². The molecule has 0 atom stereocenters. The minimum atomic E-state index is 0.518. The highest BCUT2D eigenvalue weighted by molar-refractivity contribution is 6.30. The Morgan fingerprint density at radius 1 is 1.19 bits per heavy atom. The molecule has 21 heavy (non-hydrogen) atoms. The average molecular weight is 302 g/mol. The molecule has 1 fully saturated rings. The fourth-order valence-electron chi connectivity index (χ4n) is 2.44. The summed E-state index contributed by atoms with van der Waals surface area (Å²) in [7, 11) is 2.07. The molecular formula is C17H20ClN3. The van der Waals surface area contributed by atoms with Crippen LogP contribution in [0, 0.1) is 6.92 Å². The number of likely N-dealkylation sites (N-methyl/N-ethyl adjacent to an activating group) is 1. The van der Waals surface area contributed by atoms with Crippen LogP contribution >= 0.6 is 11.6 Å². The maximum atomic E-state index is 6.27. The number of benzene rings is 1. The molecule has 3 nitrogen and oxygen atoms in total. The van der Waals surface area contributed by atoms with Crippen LogP contribution in [0.15, 0.2) is 30.3 Å². The van der Waals surface area contributed by atoms with Gasteiger partial charge < -0.3 is 4.90 Å². The molecule has 0 saturated heterocycles. The first-order valence-electron chi connectivity index (χ1n) is 7.44. The summed E-state index contributed by atoms with van der Waals surface area (Å²) in [6.07, 6.45) is 3.37. The Morgan fingerprint density at radius 2 is 1.90 bits per heavy atom.